The molecule has 2 aromatic rings. The zero-order valence-corrected chi connectivity index (χ0v) is 15.8. The SMILES string of the molecule is NC(N)=NC(=O)C1CCCN1c1ccc(NC(=O)c2ccccc2)c(C(F)(F)F)c1. The van der Waals surface area contributed by atoms with E-state index in [1.807, 2.05) is 0 Å². The maximum atomic E-state index is 13.7. The van der Waals surface area contributed by atoms with E-state index in [0.29, 0.717) is 19.4 Å². The topological polar surface area (TPSA) is 114 Å². The van der Waals surface area contributed by atoms with Crippen LogP contribution in [0.4, 0.5) is 24.5 Å². The van der Waals surface area contributed by atoms with Crippen molar-refractivity contribution >= 4 is 29.1 Å². The zero-order chi connectivity index (χ0) is 21.9. The van der Waals surface area contributed by atoms with Crippen LogP contribution in [0.3, 0.4) is 0 Å². The van der Waals surface area contributed by atoms with E-state index in [1.54, 1.807) is 18.2 Å². The van der Waals surface area contributed by atoms with E-state index in [-0.39, 0.29) is 16.9 Å². The Morgan fingerprint density at radius 1 is 1.10 bits per heavy atom. The fraction of sp³-hybridized carbons (Fsp3) is 0.250. The lowest BCUT2D eigenvalue weighted by Crippen LogP contribution is -2.37. The van der Waals surface area contributed by atoms with Crippen LogP contribution in [0, 0.1) is 0 Å². The molecule has 1 fully saturated rings. The van der Waals surface area contributed by atoms with Crippen molar-refractivity contribution in [3.05, 3.63) is 59.7 Å². The number of hydrogen-bond acceptors (Lipinski definition) is 3. The molecule has 1 aliphatic heterocycles. The largest absolute Gasteiger partial charge is 0.418 e. The number of aliphatic imine (C=N–C) groups is 1. The smallest absolute Gasteiger partial charge is 0.370 e. The predicted molar refractivity (Wildman–Crippen MR) is 107 cm³/mol. The molecule has 1 atom stereocenters. The van der Waals surface area contributed by atoms with Gasteiger partial charge in [-0.1, -0.05) is 18.2 Å². The monoisotopic (exact) mass is 419 g/mol. The lowest BCUT2D eigenvalue weighted by Gasteiger charge is -2.26. The molecule has 1 unspecified atom stereocenters. The first-order chi connectivity index (χ1) is 14.2. The predicted octanol–water partition coefficient (Wildman–Crippen LogP) is 2.73. The van der Waals surface area contributed by atoms with Gasteiger partial charge < -0.3 is 21.7 Å². The van der Waals surface area contributed by atoms with Gasteiger partial charge in [0.1, 0.15) is 6.04 Å². The van der Waals surface area contributed by atoms with Gasteiger partial charge >= 0.3 is 6.18 Å². The summed E-state index contributed by atoms with van der Waals surface area (Å²) in [5, 5.41) is 2.31. The number of hydrogen-bond donors (Lipinski definition) is 3. The minimum absolute atomic E-state index is 0.196. The minimum Gasteiger partial charge on any atom is -0.370 e. The highest BCUT2D eigenvalue weighted by molar-refractivity contribution is 6.04. The molecular formula is C20H20F3N5O2. The Bertz CT molecular complexity index is 972. The van der Waals surface area contributed by atoms with Crippen molar-refractivity contribution in [2.45, 2.75) is 25.1 Å². The van der Waals surface area contributed by atoms with Crippen LogP contribution < -0.4 is 21.7 Å². The number of nitrogens with two attached hydrogens (primary N) is 2. The normalized spacial score (nSPS) is 16.2. The van der Waals surface area contributed by atoms with E-state index in [4.69, 9.17) is 11.5 Å². The number of carbonyl (C=O) groups is 2. The van der Waals surface area contributed by atoms with Gasteiger partial charge in [-0.3, -0.25) is 9.59 Å². The van der Waals surface area contributed by atoms with E-state index < -0.39 is 35.6 Å². The third-order valence-electron chi connectivity index (χ3n) is 4.70. The standard InChI is InChI=1S/C20H20F3N5O2/c21-20(22,23)14-11-13(28-10-4-7-16(28)18(30)27-19(24)25)8-9-15(14)26-17(29)12-5-2-1-3-6-12/h1-3,5-6,8-9,11,16H,4,7,10H2,(H,26,29)(H4,24,25,27,30). The number of benzene rings is 2. The molecule has 7 nitrogen and oxygen atoms in total. The molecule has 1 saturated heterocycles. The van der Waals surface area contributed by atoms with Crippen LogP contribution in [0.5, 0.6) is 0 Å². The third kappa shape index (κ3) is 4.70. The molecule has 0 bridgehead atoms. The van der Waals surface area contributed by atoms with E-state index in [9.17, 15) is 22.8 Å². The second-order valence-corrected chi connectivity index (χ2v) is 6.77. The number of anilines is 2. The summed E-state index contributed by atoms with van der Waals surface area (Å²) in [5.74, 6) is -1.67. The summed E-state index contributed by atoms with van der Waals surface area (Å²) >= 11 is 0. The number of nitrogens with zero attached hydrogens (tertiary/aromatic N) is 2. The van der Waals surface area contributed by atoms with Gasteiger partial charge in [-0.15, -0.1) is 0 Å². The van der Waals surface area contributed by atoms with Crippen LogP contribution in [-0.2, 0) is 11.0 Å². The number of amides is 2. The molecule has 1 heterocycles. The average Bonchev–Trinajstić information content (AvgIpc) is 3.17. The van der Waals surface area contributed by atoms with Crippen molar-refractivity contribution in [1.82, 2.24) is 0 Å². The highest BCUT2D eigenvalue weighted by atomic mass is 19.4. The van der Waals surface area contributed by atoms with E-state index in [0.717, 1.165) is 6.07 Å². The number of halogens is 3. The van der Waals surface area contributed by atoms with Gasteiger partial charge in [-0.25, -0.2) is 0 Å². The Hall–Kier alpha value is -3.56. The van der Waals surface area contributed by atoms with Gasteiger partial charge in [0, 0.05) is 17.8 Å². The summed E-state index contributed by atoms with van der Waals surface area (Å²) in [4.78, 5) is 29.6. The second-order valence-electron chi connectivity index (χ2n) is 6.77. The highest BCUT2D eigenvalue weighted by Crippen LogP contribution is 2.39. The van der Waals surface area contributed by atoms with Gasteiger partial charge in [0.2, 0.25) is 0 Å². The number of carbonyl (C=O) groups excluding carboxylic acids is 2. The van der Waals surface area contributed by atoms with Crippen molar-refractivity contribution < 1.29 is 22.8 Å². The Morgan fingerprint density at radius 2 is 1.80 bits per heavy atom. The van der Waals surface area contributed by atoms with Crippen LogP contribution in [0.25, 0.3) is 0 Å². The summed E-state index contributed by atoms with van der Waals surface area (Å²) in [6, 6.07) is 10.7. The summed E-state index contributed by atoms with van der Waals surface area (Å²) in [7, 11) is 0. The molecule has 2 aromatic carbocycles. The molecule has 30 heavy (non-hydrogen) atoms. The fourth-order valence-electron chi connectivity index (χ4n) is 3.37. The molecular weight excluding hydrogens is 399 g/mol. The summed E-state index contributed by atoms with van der Waals surface area (Å²) < 4.78 is 41.1. The molecule has 0 aromatic heterocycles. The minimum atomic E-state index is -4.71. The molecule has 158 valence electrons. The third-order valence-corrected chi connectivity index (χ3v) is 4.70. The molecule has 0 spiro atoms. The quantitative estimate of drug-likeness (QED) is 0.521. The van der Waals surface area contributed by atoms with Crippen LogP contribution in [0.15, 0.2) is 53.5 Å². The Balaban J connectivity index is 1.92. The average molecular weight is 419 g/mol. The molecule has 10 heteroatoms. The maximum absolute atomic E-state index is 13.7. The zero-order valence-electron chi connectivity index (χ0n) is 15.8. The van der Waals surface area contributed by atoms with Gasteiger partial charge in [-0.05, 0) is 43.2 Å². The summed E-state index contributed by atoms with van der Waals surface area (Å²) in [5.41, 5.74) is 9.53. The Kier molecular flexibility index (Phi) is 5.95. The number of alkyl halides is 3. The van der Waals surface area contributed by atoms with Crippen LogP contribution in [0.1, 0.15) is 28.8 Å². The Morgan fingerprint density at radius 3 is 2.43 bits per heavy atom. The first-order valence-corrected chi connectivity index (χ1v) is 9.14. The van der Waals surface area contributed by atoms with Crippen molar-refractivity contribution in [1.29, 1.82) is 0 Å². The van der Waals surface area contributed by atoms with Crippen molar-refractivity contribution in [3.8, 4) is 0 Å². The fourth-order valence-corrected chi connectivity index (χ4v) is 3.37. The molecule has 3 rings (SSSR count). The van der Waals surface area contributed by atoms with Crippen molar-refractivity contribution in [3.63, 3.8) is 0 Å². The summed E-state index contributed by atoms with van der Waals surface area (Å²) in [6.07, 6.45) is -3.69. The first kappa shape index (κ1) is 21.2. The van der Waals surface area contributed by atoms with Crippen LogP contribution in [0.2, 0.25) is 0 Å². The van der Waals surface area contributed by atoms with Gasteiger partial charge in [0.25, 0.3) is 11.8 Å². The second kappa shape index (κ2) is 8.44. The lowest BCUT2D eigenvalue weighted by molar-refractivity contribution is -0.136. The van der Waals surface area contributed by atoms with E-state index in [2.05, 4.69) is 10.3 Å². The summed E-state index contributed by atoms with van der Waals surface area (Å²) in [6.45, 7) is 0.378. The highest BCUT2D eigenvalue weighted by Gasteiger charge is 2.37. The van der Waals surface area contributed by atoms with E-state index in [1.165, 1.54) is 29.2 Å². The Labute approximate surface area is 170 Å². The van der Waals surface area contributed by atoms with Crippen molar-refractivity contribution in [2.24, 2.45) is 16.5 Å². The number of guanidine groups is 1. The van der Waals surface area contributed by atoms with Crippen LogP contribution in [-0.4, -0.2) is 30.4 Å². The van der Waals surface area contributed by atoms with Crippen LogP contribution >= 0.6 is 0 Å². The molecule has 0 radical (unpaired) electrons. The van der Waals surface area contributed by atoms with Crippen molar-refractivity contribution in [2.75, 3.05) is 16.8 Å². The molecule has 5 N–H and O–H groups in total. The van der Waals surface area contributed by atoms with E-state index >= 15 is 0 Å². The molecule has 1 aliphatic rings. The lowest BCUT2D eigenvalue weighted by atomic mass is 10.1. The maximum Gasteiger partial charge on any atom is 0.418 e. The first-order valence-electron chi connectivity index (χ1n) is 9.14. The molecule has 0 aliphatic carbocycles. The molecule has 2 amide bonds. The number of rotatable bonds is 4. The van der Waals surface area contributed by atoms with Gasteiger partial charge in [-0.2, -0.15) is 18.2 Å². The van der Waals surface area contributed by atoms with Gasteiger partial charge in [0.15, 0.2) is 5.96 Å². The number of nitrogens with one attached hydrogen (secondary N) is 1. The van der Waals surface area contributed by atoms with Gasteiger partial charge in [0.05, 0.1) is 11.3 Å². The molecule has 0 saturated carbocycles.